The molecule has 1 fully saturated rings. The lowest BCUT2D eigenvalue weighted by atomic mass is 9.98. The lowest BCUT2D eigenvalue weighted by Gasteiger charge is -2.38. The highest BCUT2D eigenvalue weighted by Gasteiger charge is 2.33. The maximum atomic E-state index is 14.9. The first-order valence-corrected chi connectivity index (χ1v) is 18.3. The Morgan fingerprint density at radius 1 is 1.02 bits per heavy atom. The number of allylic oxidation sites excluding steroid dienone is 2. The van der Waals surface area contributed by atoms with Gasteiger partial charge in [-0.2, -0.15) is 0 Å². The van der Waals surface area contributed by atoms with Crippen LogP contribution in [0.15, 0.2) is 59.9 Å². The van der Waals surface area contributed by atoms with Crippen molar-refractivity contribution in [3.63, 3.8) is 0 Å². The zero-order chi connectivity index (χ0) is 34.7. The van der Waals surface area contributed by atoms with Crippen molar-refractivity contribution in [1.29, 1.82) is 0 Å². The molecule has 0 radical (unpaired) electrons. The molecule has 6 rings (SSSR count). The third-order valence-corrected chi connectivity index (χ3v) is 11.3. The first-order chi connectivity index (χ1) is 23.6. The van der Waals surface area contributed by atoms with Crippen molar-refractivity contribution < 1.29 is 18.8 Å². The van der Waals surface area contributed by atoms with E-state index in [1.807, 2.05) is 38.2 Å². The monoisotopic (exact) mass is 683 g/mol. The molecular weight excluding hydrogens is 638 g/mol. The van der Waals surface area contributed by atoms with E-state index in [0.29, 0.717) is 49.2 Å². The molecule has 1 aliphatic carbocycles. The van der Waals surface area contributed by atoms with E-state index in [1.165, 1.54) is 29.3 Å². The molecule has 1 unspecified atom stereocenters. The molecule has 2 aliphatic heterocycles. The van der Waals surface area contributed by atoms with Crippen molar-refractivity contribution in [2.24, 2.45) is 0 Å². The van der Waals surface area contributed by atoms with E-state index in [-0.39, 0.29) is 29.5 Å². The van der Waals surface area contributed by atoms with E-state index in [2.05, 4.69) is 28.2 Å². The lowest BCUT2D eigenvalue weighted by molar-refractivity contribution is -0.140. The number of ketones is 1. The smallest absolute Gasteiger partial charge is 0.273 e. The summed E-state index contributed by atoms with van der Waals surface area (Å²) in [6, 6.07) is 12.6. The largest absolute Gasteiger partial charge is 0.351 e. The molecule has 3 aromatic rings. The zero-order valence-electron chi connectivity index (χ0n) is 29.0. The van der Waals surface area contributed by atoms with Gasteiger partial charge in [-0.3, -0.25) is 24.3 Å². The van der Waals surface area contributed by atoms with Crippen molar-refractivity contribution >= 4 is 40.2 Å². The minimum atomic E-state index is -0.380. The average molecular weight is 684 g/mol. The third kappa shape index (κ3) is 7.70. The zero-order valence-corrected chi connectivity index (χ0v) is 29.8. The molecule has 10 heteroatoms. The van der Waals surface area contributed by atoms with Gasteiger partial charge in [-0.05, 0) is 117 Å². The second-order valence-electron chi connectivity index (χ2n) is 13.4. The molecule has 1 saturated heterocycles. The molecule has 49 heavy (non-hydrogen) atoms. The van der Waals surface area contributed by atoms with E-state index in [9.17, 15) is 18.8 Å². The van der Waals surface area contributed by atoms with Gasteiger partial charge in [0.1, 0.15) is 17.6 Å². The minimum absolute atomic E-state index is 0.0941. The number of nitrogens with zero attached hydrogens (tertiary/aromatic N) is 4. The van der Waals surface area contributed by atoms with Crippen LogP contribution in [-0.2, 0) is 28.9 Å². The fourth-order valence-electron chi connectivity index (χ4n) is 6.99. The van der Waals surface area contributed by atoms with E-state index in [1.54, 1.807) is 40.5 Å². The Balaban J connectivity index is 1.10. The standard InChI is InChI=1S/C39H46FN5O3S/c1-5-45-22-21-43(3)39(48)37(45)26-15-17-29(18-16-26)41-36-25(2)13-14-28(24-44(4)38(36)47)31-20-19-30(40)32(42-31)10-8-11-33(46)35-23-27-9-6-7-12-34(27)49-35/h15-20,23-24,37,41H,5-14,21-22H2,1-4H3/b28-24+,36-25?. The summed E-state index contributed by atoms with van der Waals surface area (Å²) in [4.78, 5) is 51.9. The number of rotatable bonds is 10. The second kappa shape index (κ2) is 15.2. The number of halogens is 1. The minimum Gasteiger partial charge on any atom is -0.351 e. The Labute approximate surface area is 292 Å². The van der Waals surface area contributed by atoms with Gasteiger partial charge in [0.25, 0.3) is 5.91 Å². The van der Waals surface area contributed by atoms with Crippen molar-refractivity contribution in [2.45, 2.75) is 77.7 Å². The van der Waals surface area contributed by atoms with Gasteiger partial charge in [0.05, 0.1) is 16.3 Å². The van der Waals surface area contributed by atoms with Crippen LogP contribution >= 0.6 is 11.3 Å². The Kier molecular flexibility index (Phi) is 10.7. The van der Waals surface area contributed by atoms with Gasteiger partial charge >= 0.3 is 0 Å². The second-order valence-corrected chi connectivity index (χ2v) is 14.6. The maximum absolute atomic E-state index is 14.9. The number of likely N-dealkylation sites (N-methyl/N-ethyl adjacent to an activating group) is 3. The number of thiophene rings is 1. The molecular formula is C39H46FN5O3S. The van der Waals surface area contributed by atoms with Crippen molar-refractivity contribution in [3.8, 4) is 0 Å². The van der Waals surface area contributed by atoms with Gasteiger partial charge in [-0.1, -0.05) is 19.1 Å². The Hall–Kier alpha value is -4.15. The number of hydrogen-bond acceptors (Lipinski definition) is 7. The number of fused-ring (bicyclic) bond motifs is 1. The Bertz CT molecular complexity index is 1770. The van der Waals surface area contributed by atoms with Gasteiger partial charge in [-0.15, -0.1) is 11.3 Å². The van der Waals surface area contributed by atoms with Crippen LogP contribution in [0.4, 0.5) is 10.1 Å². The van der Waals surface area contributed by atoms with Crippen LogP contribution in [0.25, 0.3) is 5.57 Å². The molecule has 1 N–H and O–H groups in total. The maximum Gasteiger partial charge on any atom is 0.273 e. The summed E-state index contributed by atoms with van der Waals surface area (Å²) >= 11 is 1.62. The SMILES string of the molecule is CCN1CCN(C)C(=O)C1c1ccc(NC2=C(C)CC/C(c3ccc(F)c(CCCC(=O)c4cc5c(s4)CCCC5)n3)=C\N(C)C2=O)cc1. The van der Waals surface area contributed by atoms with Gasteiger partial charge in [0, 0.05) is 50.4 Å². The molecule has 0 spiro atoms. The van der Waals surface area contributed by atoms with Crippen LogP contribution in [0.3, 0.4) is 0 Å². The number of nitrogens with one attached hydrogen (secondary N) is 1. The number of amides is 2. The lowest BCUT2D eigenvalue weighted by Crippen LogP contribution is -2.50. The number of carbonyl (C=O) groups excluding carboxylic acids is 3. The van der Waals surface area contributed by atoms with Gasteiger partial charge in [0.15, 0.2) is 5.78 Å². The number of carbonyl (C=O) groups is 3. The number of aromatic nitrogens is 1. The molecule has 258 valence electrons. The summed E-state index contributed by atoms with van der Waals surface area (Å²) in [5.41, 5.74) is 6.27. The number of pyridine rings is 1. The summed E-state index contributed by atoms with van der Waals surface area (Å²) in [6.07, 6.45) is 8.77. The molecule has 3 aliphatic rings. The van der Waals surface area contributed by atoms with E-state index in [0.717, 1.165) is 59.8 Å². The van der Waals surface area contributed by atoms with E-state index in [4.69, 9.17) is 0 Å². The van der Waals surface area contributed by atoms with Gasteiger partial charge in [0.2, 0.25) is 5.91 Å². The summed E-state index contributed by atoms with van der Waals surface area (Å²) in [7, 11) is 3.56. The van der Waals surface area contributed by atoms with Gasteiger partial charge in [-0.25, -0.2) is 4.39 Å². The fourth-order valence-corrected chi connectivity index (χ4v) is 8.21. The molecule has 2 amide bonds. The first-order valence-electron chi connectivity index (χ1n) is 17.5. The van der Waals surface area contributed by atoms with Crippen molar-refractivity contribution in [1.82, 2.24) is 19.7 Å². The molecule has 8 nitrogen and oxygen atoms in total. The predicted molar refractivity (Wildman–Crippen MR) is 193 cm³/mol. The Morgan fingerprint density at radius 3 is 2.55 bits per heavy atom. The number of benzene rings is 1. The fraction of sp³-hybridized carbons (Fsp3) is 0.436. The predicted octanol–water partition coefficient (Wildman–Crippen LogP) is 7.18. The normalized spacial score (nSPS) is 20.1. The number of hydrogen-bond donors (Lipinski definition) is 1. The quantitative estimate of drug-likeness (QED) is 0.228. The summed E-state index contributed by atoms with van der Waals surface area (Å²) < 4.78 is 14.9. The Morgan fingerprint density at radius 2 is 1.80 bits per heavy atom. The topological polar surface area (TPSA) is 85.8 Å². The van der Waals surface area contributed by atoms with E-state index < -0.39 is 0 Å². The highest BCUT2D eigenvalue weighted by atomic mass is 32.1. The molecule has 4 heterocycles. The van der Waals surface area contributed by atoms with Crippen molar-refractivity contribution in [2.75, 3.05) is 39.0 Å². The molecule has 2 aromatic heterocycles. The number of anilines is 1. The third-order valence-electron chi connectivity index (χ3n) is 10.0. The first kappa shape index (κ1) is 34.7. The number of piperazine rings is 1. The molecule has 0 bridgehead atoms. The summed E-state index contributed by atoms with van der Waals surface area (Å²) in [5, 5.41) is 3.34. The van der Waals surface area contributed by atoms with Crippen LogP contribution in [0.2, 0.25) is 0 Å². The molecule has 1 atom stereocenters. The van der Waals surface area contributed by atoms with Crippen LogP contribution in [-0.4, -0.2) is 71.0 Å². The van der Waals surface area contributed by atoms with Crippen LogP contribution in [0.1, 0.15) is 95.5 Å². The molecule has 0 saturated carbocycles. The average Bonchev–Trinajstić information content (AvgIpc) is 3.55. The number of Topliss-reactive ketones (excluding diaryl/α,β-unsaturated/α-hetero) is 1. The highest BCUT2D eigenvalue weighted by molar-refractivity contribution is 7.14. The van der Waals surface area contributed by atoms with Crippen molar-refractivity contribution in [3.05, 3.63) is 98.0 Å². The van der Waals surface area contributed by atoms with E-state index >= 15 is 0 Å². The number of aryl methyl sites for hydroxylation is 3. The summed E-state index contributed by atoms with van der Waals surface area (Å²) in [6.45, 7) is 6.37. The highest BCUT2D eigenvalue weighted by Crippen LogP contribution is 2.32. The van der Waals surface area contributed by atoms with Crippen LogP contribution in [0, 0.1) is 5.82 Å². The van der Waals surface area contributed by atoms with Crippen LogP contribution in [0.5, 0.6) is 0 Å². The summed E-state index contributed by atoms with van der Waals surface area (Å²) in [5.74, 6) is -0.348. The van der Waals surface area contributed by atoms with Crippen LogP contribution < -0.4 is 5.32 Å². The molecule has 1 aromatic carbocycles. The van der Waals surface area contributed by atoms with Gasteiger partial charge < -0.3 is 15.1 Å².